The van der Waals surface area contributed by atoms with Crippen LogP contribution in [0.3, 0.4) is 0 Å². The molecule has 0 spiro atoms. The van der Waals surface area contributed by atoms with Gasteiger partial charge in [-0.25, -0.2) is 4.79 Å². The highest BCUT2D eigenvalue weighted by molar-refractivity contribution is 5.87. The maximum atomic E-state index is 11.0. The summed E-state index contributed by atoms with van der Waals surface area (Å²) < 4.78 is 0. The molecular weight excluding hydrogens is 356 g/mol. The summed E-state index contributed by atoms with van der Waals surface area (Å²) in [5, 5.41) is 9.04. The summed E-state index contributed by atoms with van der Waals surface area (Å²) in [6.45, 7) is 2.29. The lowest BCUT2D eigenvalue weighted by Gasteiger charge is -2.05. The molecule has 1 aromatic carbocycles. The van der Waals surface area contributed by atoms with Crippen LogP contribution in [0.5, 0.6) is 0 Å². The molecule has 1 rings (SSSR count). The number of benzene rings is 1. The first-order chi connectivity index (χ1) is 14.2. The standard InChI is InChI=1S/C27H46O2/c1-2-3-4-5-6-7-8-9-10-11-12-13-14-15-16-17-18-19-21-25-22-20-23-26(24-25)27(28)29/h20,22-24H,2-19,21H2,1H3,(H,28,29). The number of carbonyl (C=O) groups is 1. The van der Waals surface area contributed by atoms with Crippen molar-refractivity contribution in [1.29, 1.82) is 0 Å². The fourth-order valence-electron chi connectivity index (χ4n) is 4.09. The number of carboxylic acids is 1. The van der Waals surface area contributed by atoms with Crippen LogP contribution in [-0.2, 0) is 6.42 Å². The van der Waals surface area contributed by atoms with E-state index >= 15 is 0 Å². The minimum atomic E-state index is -0.829. The van der Waals surface area contributed by atoms with Gasteiger partial charge in [-0.3, -0.25) is 0 Å². The van der Waals surface area contributed by atoms with E-state index in [0.717, 1.165) is 12.0 Å². The van der Waals surface area contributed by atoms with E-state index in [2.05, 4.69) is 6.92 Å². The van der Waals surface area contributed by atoms with E-state index in [1.807, 2.05) is 18.2 Å². The molecule has 0 fully saturated rings. The minimum absolute atomic E-state index is 0.407. The van der Waals surface area contributed by atoms with Crippen LogP contribution < -0.4 is 0 Å². The summed E-state index contributed by atoms with van der Waals surface area (Å²) in [7, 11) is 0. The van der Waals surface area contributed by atoms with Gasteiger partial charge in [0.05, 0.1) is 5.56 Å². The Morgan fingerprint density at radius 3 is 1.48 bits per heavy atom. The quantitative estimate of drug-likeness (QED) is 0.221. The molecule has 0 radical (unpaired) electrons. The lowest BCUT2D eigenvalue weighted by Crippen LogP contribution is -1.97. The first-order valence-electron chi connectivity index (χ1n) is 12.6. The molecule has 2 nitrogen and oxygen atoms in total. The van der Waals surface area contributed by atoms with E-state index in [4.69, 9.17) is 5.11 Å². The number of hydrogen-bond acceptors (Lipinski definition) is 1. The van der Waals surface area contributed by atoms with Crippen molar-refractivity contribution in [3.63, 3.8) is 0 Å². The average Bonchev–Trinajstić information content (AvgIpc) is 2.73. The van der Waals surface area contributed by atoms with Crippen molar-refractivity contribution in [3.8, 4) is 0 Å². The Kier molecular flexibility index (Phi) is 16.6. The van der Waals surface area contributed by atoms with E-state index in [0.29, 0.717) is 5.56 Å². The van der Waals surface area contributed by atoms with Crippen molar-refractivity contribution >= 4 is 5.97 Å². The van der Waals surface area contributed by atoms with Gasteiger partial charge in [-0.2, -0.15) is 0 Å². The second kappa shape index (κ2) is 18.7. The maximum Gasteiger partial charge on any atom is 0.335 e. The Hall–Kier alpha value is -1.31. The highest BCUT2D eigenvalue weighted by Gasteiger charge is 2.03. The summed E-state index contributed by atoms with van der Waals surface area (Å²) in [6, 6.07) is 7.38. The lowest BCUT2D eigenvalue weighted by molar-refractivity contribution is 0.0696. The van der Waals surface area contributed by atoms with Crippen LogP contribution in [-0.4, -0.2) is 11.1 Å². The van der Waals surface area contributed by atoms with Gasteiger partial charge in [0.2, 0.25) is 0 Å². The highest BCUT2D eigenvalue weighted by Crippen LogP contribution is 2.15. The van der Waals surface area contributed by atoms with E-state index in [-0.39, 0.29) is 0 Å². The summed E-state index contributed by atoms with van der Waals surface area (Å²) >= 11 is 0. The Morgan fingerprint density at radius 1 is 0.655 bits per heavy atom. The molecule has 0 amide bonds. The first-order valence-corrected chi connectivity index (χ1v) is 12.6. The van der Waals surface area contributed by atoms with Crippen molar-refractivity contribution in [2.45, 2.75) is 129 Å². The molecule has 0 bridgehead atoms. The van der Waals surface area contributed by atoms with Crippen LogP contribution in [0.15, 0.2) is 24.3 Å². The van der Waals surface area contributed by atoms with Gasteiger partial charge in [0.15, 0.2) is 0 Å². The van der Waals surface area contributed by atoms with Crippen molar-refractivity contribution < 1.29 is 9.90 Å². The summed E-state index contributed by atoms with van der Waals surface area (Å²) in [6.07, 6.45) is 26.1. The fourth-order valence-corrected chi connectivity index (χ4v) is 4.09. The monoisotopic (exact) mass is 402 g/mol. The van der Waals surface area contributed by atoms with Gasteiger partial charge >= 0.3 is 5.97 Å². The van der Waals surface area contributed by atoms with E-state index in [1.54, 1.807) is 6.07 Å². The topological polar surface area (TPSA) is 37.3 Å². The SMILES string of the molecule is CCCCCCCCCCCCCCCCCCCCc1cccc(C(=O)O)c1. The predicted molar refractivity (Wildman–Crippen MR) is 126 cm³/mol. The Bertz CT molecular complexity index is 509. The molecule has 0 saturated heterocycles. The molecule has 0 aliphatic heterocycles. The van der Waals surface area contributed by atoms with E-state index < -0.39 is 5.97 Å². The van der Waals surface area contributed by atoms with Gasteiger partial charge in [0.1, 0.15) is 0 Å². The minimum Gasteiger partial charge on any atom is -0.478 e. The number of aromatic carboxylic acids is 1. The highest BCUT2D eigenvalue weighted by atomic mass is 16.4. The number of aryl methyl sites for hydroxylation is 1. The Labute approximate surface area is 180 Å². The Morgan fingerprint density at radius 2 is 1.07 bits per heavy atom. The van der Waals surface area contributed by atoms with Gasteiger partial charge in [-0.15, -0.1) is 0 Å². The van der Waals surface area contributed by atoms with Gasteiger partial charge in [0, 0.05) is 0 Å². The van der Waals surface area contributed by atoms with Crippen molar-refractivity contribution in [2.24, 2.45) is 0 Å². The average molecular weight is 403 g/mol. The molecule has 0 atom stereocenters. The van der Waals surface area contributed by atoms with Crippen LogP contribution >= 0.6 is 0 Å². The molecule has 0 aliphatic carbocycles. The molecule has 1 aromatic rings. The fraction of sp³-hybridized carbons (Fsp3) is 0.741. The molecule has 29 heavy (non-hydrogen) atoms. The molecule has 1 N–H and O–H groups in total. The molecule has 0 heterocycles. The molecule has 0 aromatic heterocycles. The lowest BCUT2D eigenvalue weighted by atomic mass is 10.0. The van der Waals surface area contributed by atoms with Gasteiger partial charge < -0.3 is 5.11 Å². The second-order valence-corrected chi connectivity index (χ2v) is 8.77. The second-order valence-electron chi connectivity index (χ2n) is 8.77. The summed E-state index contributed by atoms with van der Waals surface area (Å²) in [5.74, 6) is -0.829. The van der Waals surface area contributed by atoms with Crippen LogP contribution in [0, 0.1) is 0 Å². The van der Waals surface area contributed by atoms with Gasteiger partial charge in [-0.1, -0.05) is 128 Å². The van der Waals surface area contributed by atoms with Crippen LogP contribution in [0.1, 0.15) is 138 Å². The third kappa shape index (κ3) is 15.2. The molecule has 0 saturated carbocycles. The Balaban J connectivity index is 1.79. The first kappa shape index (κ1) is 25.7. The van der Waals surface area contributed by atoms with Crippen LogP contribution in [0.2, 0.25) is 0 Å². The zero-order valence-corrected chi connectivity index (χ0v) is 19.1. The molecule has 2 heteroatoms. The zero-order valence-electron chi connectivity index (χ0n) is 19.1. The summed E-state index contributed by atoms with van der Waals surface area (Å²) in [4.78, 5) is 11.0. The molecule has 0 aliphatic rings. The molecule has 166 valence electrons. The number of rotatable bonds is 20. The van der Waals surface area contributed by atoms with Crippen molar-refractivity contribution in [3.05, 3.63) is 35.4 Å². The number of hydrogen-bond donors (Lipinski definition) is 1. The normalized spacial score (nSPS) is 11.1. The molecule has 0 unspecified atom stereocenters. The molecular formula is C27H46O2. The number of carboxylic acid groups (broad SMARTS) is 1. The van der Waals surface area contributed by atoms with Crippen LogP contribution in [0.25, 0.3) is 0 Å². The predicted octanol–water partition coefficient (Wildman–Crippen LogP) is 8.97. The van der Waals surface area contributed by atoms with Crippen LogP contribution in [0.4, 0.5) is 0 Å². The van der Waals surface area contributed by atoms with Crippen molar-refractivity contribution in [1.82, 2.24) is 0 Å². The van der Waals surface area contributed by atoms with Crippen molar-refractivity contribution in [2.75, 3.05) is 0 Å². The number of unbranched alkanes of at least 4 members (excludes halogenated alkanes) is 17. The van der Waals surface area contributed by atoms with E-state index in [9.17, 15) is 4.79 Å². The third-order valence-corrected chi connectivity index (χ3v) is 5.99. The zero-order chi connectivity index (χ0) is 21.0. The largest absolute Gasteiger partial charge is 0.478 e. The van der Waals surface area contributed by atoms with Gasteiger partial charge in [-0.05, 0) is 30.5 Å². The third-order valence-electron chi connectivity index (χ3n) is 5.99. The maximum absolute atomic E-state index is 11.0. The van der Waals surface area contributed by atoms with E-state index in [1.165, 1.54) is 116 Å². The van der Waals surface area contributed by atoms with Gasteiger partial charge in [0.25, 0.3) is 0 Å². The summed E-state index contributed by atoms with van der Waals surface area (Å²) in [5.41, 5.74) is 1.56. The smallest absolute Gasteiger partial charge is 0.335 e.